The summed E-state index contributed by atoms with van der Waals surface area (Å²) in [7, 11) is 3.49. The van der Waals surface area contributed by atoms with Gasteiger partial charge in [-0.25, -0.2) is 9.78 Å². The van der Waals surface area contributed by atoms with Gasteiger partial charge in [0.05, 0.1) is 12.1 Å². The summed E-state index contributed by atoms with van der Waals surface area (Å²) in [5.41, 5.74) is 0.453. The summed E-state index contributed by atoms with van der Waals surface area (Å²) in [4.78, 5) is 16.4. The molecule has 0 unspecified atom stereocenters. The van der Waals surface area contributed by atoms with Crippen molar-refractivity contribution in [1.29, 1.82) is 0 Å². The third kappa shape index (κ3) is 2.66. The predicted octanol–water partition coefficient (Wildman–Crippen LogP) is 1.78. The van der Waals surface area contributed by atoms with E-state index in [1.165, 1.54) is 0 Å². The molecule has 1 aromatic rings. The molecule has 0 bridgehead atoms. The van der Waals surface area contributed by atoms with Crippen LogP contribution in [0.2, 0.25) is 0 Å². The Labute approximate surface area is 95.5 Å². The largest absolute Gasteiger partial charge is 0.477 e. The average Bonchev–Trinajstić information content (AvgIpc) is 2.47. The van der Waals surface area contributed by atoms with Gasteiger partial charge in [0.15, 0.2) is 5.13 Å². The summed E-state index contributed by atoms with van der Waals surface area (Å²) < 4.78 is 26.0. The zero-order chi connectivity index (χ0) is 12.5. The Hall–Kier alpha value is -1.24. The number of rotatable bonds is 4. The SMILES string of the molecule is Cc1nc(N(C)C)sc1CC(F)(F)C(=O)O. The minimum atomic E-state index is -3.74. The van der Waals surface area contributed by atoms with Crippen LogP contribution in [0.25, 0.3) is 0 Å². The highest BCUT2D eigenvalue weighted by Crippen LogP contribution is 2.30. The first-order valence-corrected chi connectivity index (χ1v) is 5.30. The van der Waals surface area contributed by atoms with Crippen LogP contribution in [0.4, 0.5) is 13.9 Å². The van der Waals surface area contributed by atoms with E-state index in [0.29, 0.717) is 15.7 Å². The number of aromatic nitrogens is 1. The van der Waals surface area contributed by atoms with E-state index in [-0.39, 0.29) is 0 Å². The Bertz CT molecular complexity index is 404. The molecule has 0 aromatic carbocycles. The quantitative estimate of drug-likeness (QED) is 0.885. The van der Waals surface area contributed by atoms with Gasteiger partial charge in [-0.1, -0.05) is 0 Å². The number of carbonyl (C=O) groups is 1. The first kappa shape index (κ1) is 12.8. The van der Waals surface area contributed by atoms with Crippen LogP contribution in [0.1, 0.15) is 10.6 Å². The second-order valence-corrected chi connectivity index (χ2v) is 4.65. The molecular formula is C9H12F2N2O2S. The lowest BCUT2D eigenvalue weighted by molar-refractivity contribution is -0.164. The molecular weight excluding hydrogens is 238 g/mol. The van der Waals surface area contributed by atoms with Gasteiger partial charge in [-0.3, -0.25) is 0 Å². The molecule has 16 heavy (non-hydrogen) atoms. The molecule has 0 saturated carbocycles. The Morgan fingerprint density at radius 1 is 1.56 bits per heavy atom. The van der Waals surface area contributed by atoms with Crippen molar-refractivity contribution in [3.63, 3.8) is 0 Å². The van der Waals surface area contributed by atoms with Gasteiger partial charge in [0.25, 0.3) is 0 Å². The van der Waals surface area contributed by atoms with Crippen LogP contribution in [0.5, 0.6) is 0 Å². The number of aliphatic carboxylic acids is 1. The maximum atomic E-state index is 13.0. The van der Waals surface area contributed by atoms with E-state index in [4.69, 9.17) is 5.11 Å². The third-order valence-corrected chi connectivity index (χ3v) is 3.28. The summed E-state index contributed by atoms with van der Waals surface area (Å²) in [6, 6.07) is 0. The number of hydrogen-bond donors (Lipinski definition) is 1. The van der Waals surface area contributed by atoms with Crippen molar-refractivity contribution >= 4 is 22.4 Å². The van der Waals surface area contributed by atoms with Crippen molar-refractivity contribution in [2.75, 3.05) is 19.0 Å². The van der Waals surface area contributed by atoms with Gasteiger partial charge in [0.1, 0.15) is 0 Å². The van der Waals surface area contributed by atoms with Crippen LogP contribution in [0.15, 0.2) is 0 Å². The van der Waals surface area contributed by atoms with Crippen molar-refractivity contribution < 1.29 is 18.7 Å². The van der Waals surface area contributed by atoms with E-state index in [1.54, 1.807) is 25.9 Å². The van der Waals surface area contributed by atoms with Crippen molar-refractivity contribution in [2.45, 2.75) is 19.3 Å². The van der Waals surface area contributed by atoms with Gasteiger partial charge in [-0.2, -0.15) is 8.78 Å². The van der Waals surface area contributed by atoms with Crippen molar-refractivity contribution in [1.82, 2.24) is 4.98 Å². The second kappa shape index (κ2) is 4.32. The highest BCUT2D eigenvalue weighted by molar-refractivity contribution is 7.15. The molecule has 0 aliphatic rings. The topological polar surface area (TPSA) is 53.4 Å². The molecule has 0 saturated heterocycles. The first-order valence-electron chi connectivity index (χ1n) is 4.49. The molecule has 7 heteroatoms. The smallest absolute Gasteiger partial charge is 0.374 e. The maximum Gasteiger partial charge on any atom is 0.374 e. The molecule has 0 atom stereocenters. The van der Waals surface area contributed by atoms with Crippen molar-refractivity contribution in [3.8, 4) is 0 Å². The normalized spacial score (nSPS) is 11.6. The summed E-state index contributed by atoms with van der Waals surface area (Å²) >= 11 is 1.08. The fourth-order valence-electron chi connectivity index (χ4n) is 1.05. The number of hydrogen-bond acceptors (Lipinski definition) is 4. The minimum absolute atomic E-state index is 0.302. The molecule has 0 spiro atoms. The molecule has 0 radical (unpaired) electrons. The summed E-state index contributed by atoms with van der Waals surface area (Å²) in [6.07, 6.45) is -0.806. The molecule has 90 valence electrons. The highest BCUT2D eigenvalue weighted by atomic mass is 32.1. The summed E-state index contributed by atoms with van der Waals surface area (Å²) in [5, 5.41) is 8.92. The Balaban J connectivity index is 2.94. The molecule has 1 rings (SSSR count). The summed E-state index contributed by atoms with van der Waals surface area (Å²) in [5.74, 6) is -5.84. The van der Waals surface area contributed by atoms with Crippen molar-refractivity contribution in [3.05, 3.63) is 10.6 Å². The van der Waals surface area contributed by atoms with Crippen LogP contribution in [-0.4, -0.2) is 36.1 Å². The number of aryl methyl sites for hydroxylation is 1. The van der Waals surface area contributed by atoms with E-state index in [0.717, 1.165) is 11.3 Å². The molecule has 1 aromatic heterocycles. The van der Waals surface area contributed by atoms with Crippen LogP contribution in [0.3, 0.4) is 0 Å². The number of carboxylic acid groups (broad SMARTS) is 1. The van der Waals surface area contributed by atoms with E-state index >= 15 is 0 Å². The van der Waals surface area contributed by atoms with E-state index in [9.17, 15) is 13.6 Å². The fourth-order valence-corrected chi connectivity index (χ4v) is 2.08. The maximum absolute atomic E-state index is 13.0. The molecule has 1 heterocycles. The van der Waals surface area contributed by atoms with Gasteiger partial charge in [0, 0.05) is 19.0 Å². The molecule has 0 aliphatic carbocycles. The second-order valence-electron chi connectivity index (χ2n) is 3.59. The molecule has 0 amide bonds. The lowest BCUT2D eigenvalue weighted by atomic mass is 10.2. The van der Waals surface area contributed by atoms with Gasteiger partial charge < -0.3 is 10.0 Å². The number of thiazole rings is 1. The highest BCUT2D eigenvalue weighted by Gasteiger charge is 2.40. The Morgan fingerprint density at radius 3 is 2.50 bits per heavy atom. The fraction of sp³-hybridized carbons (Fsp3) is 0.556. The lowest BCUT2D eigenvalue weighted by Crippen LogP contribution is -2.30. The number of carboxylic acids is 1. The molecule has 4 nitrogen and oxygen atoms in total. The van der Waals surface area contributed by atoms with E-state index in [1.807, 2.05) is 0 Å². The minimum Gasteiger partial charge on any atom is -0.477 e. The monoisotopic (exact) mass is 250 g/mol. The summed E-state index contributed by atoms with van der Waals surface area (Å²) in [6.45, 7) is 1.59. The number of alkyl halides is 2. The van der Waals surface area contributed by atoms with Gasteiger partial charge in [-0.15, -0.1) is 11.3 Å². The zero-order valence-corrected chi connectivity index (χ0v) is 9.94. The van der Waals surface area contributed by atoms with Gasteiger partial charge >= 0.3 is 11.9 Å². The van der Waals surface area contributed by atoms with E-state index < -0.39 is 18.3 Å². The third-order valence-electron chi connectivity index (χ3n) is 1.96. The van der Waals surface area contributed by atoms with Gasteiger partial charge in [0.2, 0.25) is 0 Å². The lowest BCUT2D eigenvalue weighted by Gasteiger charge is -2.09. The average molecular weight is 250 g/mol. The number of nitrogens with zero attached hydrogens (tertiary/aromatic N) is 2. The van der Waals surface area contributed by atoms with Crippen LogP contribution < -0.4 is 4.90 Å². The number of anilines is 1. The Morgan fingerprint density at radius 2 is 2.12 bits per heavy atom. The zero-order valence-electron chi connectivity index (χ0n) is 9.12. The Kier molecular flexibility index (Phi) is 3.47. The van der Waals surface area contributed by atoms with Crippen molar-refractivity contribution in [2.24, 2.45) is 0 Å². The molecule has 0 aliphatic heterocycles. The number of halogens is 2. The van der Waals surface area contributed by atoms with Crippen LogP contribution in [0, 0.1) is 6.92 Å². The first-order chi connectivity index (χ1) is 7.24. The van der Waals surface area contributed by atoms with E-state index in [2.05, 4.69) is 4.98 Å². The standard InChI is InChI=1S/C9H12F2N2O2S/c1-5-6(4-9(10,11)7(14)15)16-8(12-5)13(2)3/h4H2,1-3H3,(H,14,15). The van der Waals surface area contributed by atoms with Gasteiger partial charge in [-0.05, 0) is 6.92 Å². The van der Waals surface area contributed by atoms with Crippen LogP contribution >= 0.6 is 11.3 Å². The molecule has 1 N–H and O–H groups in total. The molecule has 0 fully saturated rings. The predicted molar refractivity (Wildman–Crippen MR) is 57.5 cm³/mol. The van der Waals surface area contributed by atoms with Crippen LogP contribution in [-0.2, 0) is 11.2 Å².